The number of amides is 2. The van der Waals surface area contributed by atoms with Gasteiger partial charge >= 0.3 is 0 Å². The lowest BCUT2D eigenvalue weighted by molar-refractivity contribution is -0.128. The predicted molar refractivity (Wildman–Crippen MR) is 130 cm³/mol. The first-order valence-corrected chi connectivity index (χ1v) is 11.6. The molecule has 4 rings (SSSR count). The molecular weight excluding hydrogens is 465 g/mol. The minimum atomic E-state index is -0.339. The zero-order valence-corrected chi connectivity index (χ0v) is 19.2. The van der Waals surface area contributed by atoms with Crippen LogP contribution in [0, 0.1) is 0 Å². The number of nitrogens with one attached hydrogen (secondary N) is 1. The highest BCUT2D eigenvalue weighted by molar-refractivity contribution is 8.00. The molecule has 5 nitrogen and oxygen atoms in total. The molecule has 1 N–H and O–H groups in total. The minimum Gasteiger partial charge on any atom is -0.322 e. The molecule has 1 saturated heterocycles. The minimum absolute atomic E-state index is 0.0788. The van der Waals surface area contributed by atoms with Crippen molar-refractivity contribution in [3.05, 3.63) is 105 Å². The molecule has 0 bridgehead atoms. The van der Waals surface area contributed by atoms with E-state index in [1.807, 2.05) is 47.4 Å². The first kappa shape index (κ1) is 22.4. The van der Waals surface area contributed by atoms with Crippen LogP contribution >= 0.6 is 35.0 Å². The third kappa shape index (κ3) is 5.33. The van der Waals surface area contributed by atoms with E-state index >= 15 is 0 Å². The van der Waals surface area contributed by atoms with Crippen LogP contribution < -0.4 is 5.43 Å². The van der Waals surface area contributed by atoms with E-state index in [2.05, 4.69) is 10.5 Å². The summed E-state index contributed by atoms with van der Waals surface area (Å²) in [6.45, 7) is 0.557. The molecule has 1 atom stereocenters. The van der Waals surface area contributed by atoms with Crippen LogP contribution in [0.15, 0.2) is 77.9 Å². The van der Waals surface area contributed by atoms with Crippen molar-refractivity contribution < 1.29 is 9.59 Å². The largest absolute Gasteiger partial charge is 0.322 e. The Labute approximate surface area is 200 Å². The van der Waals surface area contributed by atoms with E-state index in [9.17, 15) is 9.59 Å². The summed E-state index contributed by atoms with van der Waals surface area (Å²) in [5.41, 5.74) is 5.67. The standard InChI is InChI=1S/C24H19Cl2N3O2S/c25-20-11-10-19(21(26)12-20)13-27-28-23(31)17-6-8-18(9-7-17)24-29(22(30)15-32-24)14-16-4-2-1-3-5-16/h1-13,24H,14-15H2,(H,28,31). The summed E-state index contributed by atoms with van der Waals surface area (Å²) in [7, 11) is 0. The van der Waals surface area contributed by atoms with Crippen molar-refractivity contribution in [2.75, 3.05) is 5.75 Å². The van der Waals surface area contributed by atoms with Crippen LogP contribution in [-0.4, -0.2) is 28.7 Å². The second kappa shape index (κ2) is 10.2. The molecule has 0 aliphatic carbocycles. The van der Waals surface area contributed by atoms with Crippen LogP contribution in [0.2, 0.25) is 10.0 Å². The Hall–Kier alpha value is -2.80. The fourth-order valence-electron chi connectivity index (χ4n) is 3.31. The van der Waals surface area contributed by atoms with E-state index in [4.69, 9.17) is 23.2 Å². The van der Waals surface area contributed by atoms with Crippen LogP contribution in [0.4, 0.5) is 0 Å². The van der Waals surface area contributed by atoms with Gasteiger partial charge in [0, 0.05) is 22.7 Å². The highest BCUT2D eigenvalue weighted by Crippen LogP contribution is 2.39. The maximum atomic E-state index is 12.4. The second-order valence-electron chi connectivity index (χ2n) is 7.16. The molecule has 2 amide bonds. The van der Waals surface area contributed by atoms with Gasteiger partial charge in [0.15, 0.2) is 0 Å². The van der Waals surface area contributed by atoms with E-state index < -0.39 is 0 Å². The smallest absolute Gasteiger partial charge is 0.271 e. The third-order valence-electron chi connectivity index (χ3n) is 4.95. The summed E-state index contributed by atoms with van der Waals surface area (Å²) in [6, 6.07) is 22.2. The number of hydrogen-bond acceptors (Lipinski definition) is 4. The molecule has 0 radical (unpaired) electrons. The van der Waals surface area contributed by atoms with Crippen molar-refractivity contribution in [3.63, 3.8) is 0 Å². The quantitative estimate of drug-likeness (QED) is 0.370. The maximum Gasteiger partial charge on any atom is 0.271 e. The lowest BCUT2D eigenvalue weighted by Crippen LogP contribution is -2.27. The van der Waals surface area contributed by atoms with E-state index in [0.29, 0.717) is 33.5 Å². The first-order chi connectivity index (χ1) is 15.5. The lowest BCUT2D eigenvalue weighted by atomic mass is 10.1. The fraction of sp³-hybridized carbons (Fsp3) is 0.125. The SMILES string of the molecule is O=C(NN=Cc1ccc(Cl)cc1Cl)c1ccc(C2SCC(=O)N2Cc2ccccc2)cc1. The van der Waals surface area contributed by atoms with Crippen molar-refractivity contribution in [2.45, 2.75) is 11.9 Å². The molecule has 162 valence electrons. The van der Waals surface area contributed by atoms with E-state index in [0.717, 1.165) is 11.1 Å². The number of carbonyl (C=O) groups is 2. The van der Waals surface area contributed by atoms with Gasteiger partial charge in [-0.3, -0.25) is 9.59 Å². The summed E-state index contributed by atoms with van der Waals surface area (Å²) >= 11 is 13.6. The highest BCUT2D eigenvalue weighted by Gasteiger charge is 2.32. The summed E-state index contributed by atoms with van der Waals surface area (Å²) in [6.07, 6.45) is 1.47. The van der Waals surface area contributed by atoms with Crippen LogP contribution in [-0.2, 0) is 11.3 Å². The molecule has 3 aromatic rings. The van der Waals surface area contributed by atoms with Gasteiger partial charge < -0.3 is 4.90 Å². The van der Waals surface area contributed by atoms with Crippen molar-refractivity contribution in [2.24, 2.45) is 5.10 Å². The van der Waals surface area contributed by atoms with Crippen LogP contribution in [0.3, 0.4) is 0 Å². The monoisotopic (exact) mass is 483 g/mol. The van der Waals surface area contributed by atoms with Gasteiger partial charge in [0.2, 0.25) is 5.91 Å². The Morgan fingerprint density at radius 1 is 1.09 bits per heavy atom. The van der Waals surface area contributed by atoms with Gasteiger partial charge in [-0.05, 0) is 35.4 Å². The molecule has 32 heavy (non-hydrogen) atoms. The zero-order chi connectivity index (χ0) is 22.5. The highest BCUT2D eigenvalue weighted by atomic mass is 35.5. The molecule has 0 spiro atoms. The van der Waals surface area contributed by atoms with Crippen LogP contribution in [0.1, 0.15) is 32.4 Å². The number of halogens is 2. The average Bonchev–Trinajstić information content (AvgIpc) is 3.16. The Balaban J connectivity index is 1.41. The maximum absolute atomic E-state index is 12.4. The van der Waals surface area contributed by atoms with Crippen molar-refractivity contribution in [3.8, 4) is 0 Å². The number of rotatable bonds is 6. The molecule has 3 aromatic carbocycles. The lowest BCUT2D eigenvalue weighted by Gasteiger charge is -2.24. The molecule has 1 heterocycles. The van der Waals surface area contributed by atoms with E-state index in [-0.39, 0.29) is 17.2 Å². The Morgan fingerprint density at radius 3 is 2.56 bits per heavy atom. The number of hydrogen-bond donors (Lipinski definition) is 1. The number of thioether (sulfide) groups is 1. The molecule has 1 aliphatic heterocycles. The van der Waals surface area contributed by atoms with Gasteiger partial charge in [-0.2, -0.15) is 5.10 Å². The molecule has 8 heteroatoms. The molecule has 1 unspecified atom stereocenters. The number of hydrazone groups is 1. The summed E-state index contributed by atoms with van der Waals surface area (Å²) in [5.74, 6) is 0.219. The van der Waals surface area contributed by atoms with Crippen molar-refractivity contribution in [1.82, 2.24) is 10.3 Å². The van der Waals surface area contributed by atoms with E-state index in [1.54, 1.807) is 42.1 Å². The summed E-state index contributed by atoms with van der Waals surface area (Å²) < 4.78 is 0. The third-order valence-corrected chi connectivity index (χ3v) is 6.77. The van der Waals surface area contributed by atoms with Gasteiger partial charge in [0.05, 0.1) is 17.0 Å². The molecule has 0 aromatic heterocycles. The Bertz CT molecular complexity index is 1150. The number of benzene rings is 3. The van der Waals surface area contributed by atoms with Crippen molar-refractivity contribution >= 4 is 53.0 Å². The summed E-state index contributed by atoms with van der Waals surface area (Å²) in [5, 5.41) is 4.87. The molecular formula is C24H19Cl2N3O2S. The average molecular weight is 484 g/mol. The Kier molecular flexibility index (Phi) is 7.15. The van der Waals surface area contributed by atoms with Crippen LogP contribution in [0.5, 0.6) is 0 Å². The fourth-order valence-corrected chi connectivity index (χ4v) is 4.96. The number of carbonyl (C=O) groups excluding carboxylic acids is 2. The van der Waals surface area contributed by atoms with E-state index in [1.165, 1.54) is 6.21 Å². The van der Waals surface area contributed by atoms with Gasteiger partial charge in [-0.15, -0.1) is 11.8 Å². The predicted octanol–water partition coefficient (Wildman–Crippen LogP) is 5.53. The van der Waals surface area contributed by atoms with Crippen molar-refractivity contribution in [1.29, 1.82) is 0 Å². The number of nitrogens with zero attached hydrogens (tertiary/aromatic N) is 2. The van der Waals surface area contributed by atoms with Gasteiger partial charge in [-0.1, -0.05) is 71.7 Å². The topological polar surface area (TPSA) is 61.8 Å². The molecule has 0 saturated carbocycles. The molecule has 1 aliphatic rings. The summed E-state index contributed by atoms with van der Waals surface area (Å²) in [4.78, 5) is 26.7. The van der Waals surface area contributed by atoms with Gasteiger partial charge in [-0.25, -0.2) is 5.43 Å². The second-order valence-corrected chi connectivity index (χ2v) is 9.07. The first-order valence-electron chi connectivity index (χ1n) is 9.84. The van der Waals surface area contributed by atoms with Crippen LogP contribution in [0.25, 0.3) is 0 Å². The molecule has 1 fully saturated rings. The zero-order valence-electron chi connectivity index (χ0n) is 16.9. The Morgan fingerprint density at radius 2 is 1.84 bits per heavy atom. The normalized spacial score (nSPS) is 16.0. The van der Waals surface area contributed by atoms with Gasteiger partial charge in [0.1, 0.15) is 5.37 Å². The van der Waals surface area contributed by atoms with Gasteiger partial charge in [0.25, 0.3) is 5.91 Å².